The minimum atomic E-state index is 0.747. The maximum absolute atomic E-state index is 4.94. The van der Waals surface area contributed by atoms with Crippen LogP contribution in [0.25, 0.3) is 0 Å². The minimum Gasteiger partial charge on any atom is -0.326 e. The molecule has 2 nitrogen and oxygen atoms in total. The van der Waals surface area contributed by atoms with Crippen LogP contribution in [0.15, 0.2) is 11.2 Å². The van der Waals surface area contributed by atoms with E-state index in [2.05, 4.69) is 9.97 Å². The third-order valence-electron chi connectivity index (χ3n) is 1.04. The van der Waals surface area contributed by atoms with Crippen LogP contribution >= 0.6 is 24.0 Å². The molecule has 0 aromatic carbocycles. The molecular formula is C6H8N2S2. The van der Waals surface area contributed by atoms with E-state index in [1.165, 1.54) is 0 Å². The van der Waals surface area contributed by atoms with Crippen LogP contribution in [-0.2, 0) is 0 Å². The van der Waals surface area contributed by atoms with E-state index in [4.69, 9.17) is 12.2 Å². The van der Waals surface area contributed by atoms with Crippen molar-refractivity contribution in [3.05, 3.63) is 16.4 Å². The molecule has 1 N–H and O–H groups in total. The minimum absolute atomic E-state index is 0.747. The zero-order chi connectivity index (χ0) is 7.56. The second kappa shape index (κ2) is 3.16. The Labute approximate surface area is 69.1 Å². The summed E-state index contributed by atoms with van der Waals surface area (Å²) in [6.07, 6.45) is 1.97. The van der Waals surface area contributed by atoms with Crippen LogP contribution in [0, 0.1) is 11.6 Å². The molecule has 0 aliphatic heterocycles. The highest BCUT2D eigenvalue weighted by Gasteiger charge is 1.91. The normalized spacial score (nSPS) is 9.80. The zero-order valence-corrected chi connectivity index (χ0v) is 7.47. The van der Waals surface area contributed by atoms with Gasteiger partial charge in [0.1, 0.15) is 4.64 Å². The highest BCUT2D eigenvalue weighted by molar-refractivity contribution is 7.98. The van der Waals surface area contributed by atoms with E-state index in [1.54, 1.807) is 11.8 Å². The van der Waals surface area contributed by atoms with Gasteiger partial charge in [0.05, 0.1) is 0 Å². The fraction of sp³-hybridized carbons (Fsp3) is 0.333. The van der Waals surface area contributed by atoms with Crippen LogP contribution in [0.5, 0.6) is 0 Å². The van der Waals surface area contributed by atoms with Gasteiger partial charge in [0.2, 0.25) is 0 Å². The number of H-pyrrole nitrogens is 1. The van der Waals surface area contributed by atoms with Gasteiger partial charge in [-0.25, -0.2) is 4.98 Å². The smallest absolute Gasteiger partial charge is 0.166 e. The first-order valence-electron chi connectivity index (χ1n) is 2.84. The third kappa shape index (κ3) is 1.82. The predicted molar refractivity (Wildman–Crippen MR) is 45.9 cm³/mol. The Morgan fingerprint density at radius 2 is 2.40 bits per heavy atom. The van der Waals surface area contributed by atoms with E-state index in [1.807, 2.05) is 19.2 Å². The van der Waals surface area contributed by atoms with Crippen molar-refractivity contribution in [3.8, 4) is 0 Å². The quantitative estimate of drug-likeness (QED) is 0.400. The largest absolute Gasteiger partial charge is 0.326 e. The van der Waals surface area contributed by atoms with E-state index in [0.29, 0.717) is 0 Å². The zero-order valence-electron chi connectivity index (χ0n) is 5.84. The Morgan fingerprint density at radius 3 is 2.90 bits per heavy atom. The van der Waals surface area contributed by atoms with Gasteiger partial charge in [-0.3, -0.25) is 0 Å². The Morgan fingerprint density at radius 1 is 1.70 bits per heavy atom. The Balaban J connectivity index is 3.19. The predicted octanol–water partition coefficient (Wildman–Crippen LogP) is 2.17. The SMILES string of the molecule is CSc1nc(C)cc(=S)[nH]1. The highest BCUT2D eigenvalue weighted by atomic mass is 32.2. The number of hydrogen-bond acceptors (Lipinski definition) is 3. The van der Waals surface area contributed by atoms with Gasteiger partial charge < -0.3 is 4.98 Å². The molecule has 0 radical (unpaired) electrons. The lowest BCUT2D eigenvalue weighted by atomic mass is 10.5. The summed E-state index contributed by atoms with van der Waals surface area (Å²) in [6, 6.07) is 1.84. The highest BCUT2D eigenvalue weighted by Crippen LogP contribution is 2.07. The summed E-state index contributed by atoms with van der Waals surface area (Å²) >= 11 is 6.51. The Kier molecular flexibility index (Phi) is 2.45. The summed E-state index contributed by atoms with van der Waals surface area (Å²) in [5, 5.41) is 0.880. The fourth-order valence-electron chi connectivity index (χ4n) is 0.648. The molecule has 54 valence electrons. The molecule has 1 aromatic rings. The van der Waals surface area contributed by atoms with Crippen LogP contribution in [0.2, 0.25) is 0 Å². The number of nitrogens with zero attached hydrogens (tertiary/aromatic N) is 1. The topological polar surface area (TPSA) is 28.7 Å². The summed E-state index contributed by atoms with van der Waals surface area (Å²) in [7, 11) is 0. The molecule has 0 bridgehead atoms. The molecule has 0 spiro atoms. The molecular weight excluding hydrogens is 164 g/mol. The van der Waals surface area contributed by atoms with Crippen LogP contribution in [-0.4, -0.2) is 16.2 Å². The van der Waals surface area contributed by atoms with Crippen LogP contribution < -0.4 is 0 Å². The van der Waals surface area contributed by atoms with E-state index in [-0.39, 0.29) is 0 Å². The first-order chi connectivity index (χ1) is 4.72. The van der Waals surface area contributed by atoms with Crippen molar-refractivity contribution in [1.82, 2.24) is 9.97 Å². The van der Waals surface area contributed by atoms with Gasteiger partial charge in [-0.1, -0.05) is 24.0 Å². The monoisotopic (exact) mass is 172 g/mol. The molecule has 0 aliphatic carbocycles. The third-order valence-corrected chi connectivity index (χ3v) is 1.84. The van der Waals surface area contributed by atoms with E-state index < -0.39 is 0 Å². The molecule has 0 fully saturated rings. The van der Waals surface area contributed by atoms with Gasteiger partial charge in [-0.2, -0.15) is 0 Å². The summed E-state index contributed by atoms with van der Waals surface area (Å²) < 4.78 is 0.747. The lowest BCUT2D eigenvalue weighted by Crippen LogP contribution is -1.88. The molecule has 0 amide bonds. The molecule has 10 heavy (non-hydrogen) atoms. The van der Waals surface area contributed by atoms with Crippen molar-refractivity contribution in [3.63, 3.8) is 0 Å². The van der Waals surface area contributed by atoms with E-state index in [0.717, 1.165) is 15.5 Å². The van der Waals surface area contributed by atoms with Crippen molar-refractivity contribution in [2.45, 2.75) is 12.1 Å². The van der Waals surface area contributed by atoms with E-state index in [9.17, 15) is 0 Å². The molecule has 1 rings (SSSR count). The molecule has 0 aliphatic rings. The standard InChI is InChI=1S/C6H8N2S2/c1-4-3-5(9)8-6(7-4)10-2/h3H,1-2H3,(H,7,8,9). The molecule has 0 saturated heterocycles. The van der Waals surface area contributed by atoms with Gasteiger partial charge in [0.15, 0.2) is 5.16 Å². The average Bonchev–Trinajstić information content (AvgIpc) is 1.85. The summed E-state index contributed by atoms with van der Waals surface area (Å²) in [6.45, 7) is 1.93. The Bertz CT molecular complexity index is 279. The van der Waals surface area contributed by atoms with Crippen LogP contribution in [0.3, 0.4) is 0 Å². The number of hydrogen-bond donors (Lipinski definition) is 1. The second-order valence-electron chi connectivity index (χ2n) is 1.90. The molecule has 1 aromatic heterocycles. The van der Waals surface area contributed by atoms with Gasteiger partial charge in [0, 0.05) is 5.69 Å². The molecule has 4 heteroatoms. The van der Waals surface area contributed by atoms with Crippen LogP contribution in [0.4, 0.5) is 0 Å². The Hall–Kier alpha value is -0.350. The van der Waals surface area contributed by atoms with Crippen molar-refractivity contribution < 1.29 is 0 Å². The van der Waals surface area contributed by atoms with Gasteiger partial charge in [-0.15, -0.1) is 0 Å². The lowest BCUT2D eigenvalue weighted by molar-refractivity contribution is 0.925. The summed E-state index contributed by atoms with van der Waals surface area (Å²) in [5.74, 6) is 0. The summed E-state index contributed by atoms with van der Waals surface area (Å²) in [4.78, 5) is 7.16. The summed E-state index contributed by atoms with van der Waals surface area (Å²) in [5.41, 5.74) is 0.966. The number of aromatic nitrogens is 2. The maximum Gasteiger partial charge on any atom is 0.166 e. The number of aromatic amines is 1. The first-order valence-corrected chi connectivity index (χ1v) is 4.47. The number of rotatable bonds is 1. The van der Waals surface area contributed by atoms with Crippen molar-refractivity contribution in [2.75, 3.05) is 6.26 Å². The maximum atomic E-state index is 4.94. The number of aryl methyl sites for hydroxylation is 1. The molecule has 0 unspecified atom stereocenters. The number of nitrogens with one attached hydrogen (secondary N) is 1. The van der Waals surface area contributed by atoms with Crippen molar-refractivity contribution >= 4 is 24.0 Å². The van der Waals surface area contributed by atoms with Gasteiger partial charge in [-0.05, 0) is 19.2 Å². The van der Waals surface area contributed by atoms with Crippen molar-refractivity contribution in [2.24, 2.45) is 0 Å². The second-order valence-corrected chi connectivity index (χ2v) is 3.13. The first kappa shape index (κ1) is 7.75. The molecule has 1 heterocycles. The lowest BCUT2D eigenvalue weighted by Gasteiger charge is -1.95. The van der Waals surface area contributed by atoms with E-state index >= 15 is 0 Å². The number of thioether (sulfide) groups is 1. The van der Waals surface area contributed by atoms with Crippen LogP contribution in [0.1, 0.15) is 5.69 Å². The average molecular weight is 172 g/mol. The van der Waals surface area contributed by atoms with Gasteiger partial charge in [0.25, 0.3) is 0 Å². The molecule has 0 atom stereocenters. The van der Waals surface area contributed by atoms with Crippen molar-refractivity contribution in [1.29, 1.82) is 0 Å². The van der Waals surface area contributed by atoms with Gasteiger partial charge >= 0.3 is 0 Å². The fourth-order valence-corrected chi connectivity index (χ4v) is 1.43. The molecule has 0 saturated carbocycles.